The van der Waals surface area contributed by atoms with Crippen LogP contribution in [0.15, 0.2) is 54.6 Å². The molecule has 2 nitrogen and oxygen atoms in total. The quantitative estimate of drug-likeness (QED) is 0.723. The van der Waals surface area contributed by atoms with Crippen LogP contribution in [0.5, 0.6) is 0 Å². The molecule has 3 aromatic rings. The standard InChI is InChI=1S/C20H21NO/c1-2-18-20-19(16-10-6-7-11-17(16)21-20)15(13-22-18)12-14-8-4-3-5-9-14/h3-11,15,18,21H,2,12-13H2,1H3. The highest BCUT2D eigenvalue weighted by molar-refractivity contribution is 5.85. The number of benzene rings is 2. The number of hydrogen-bond acceptors (Lipinski definition) is 1. The smallest absolute Gasteiger partial charge is 0.0973 e. The average Bonchev–Trinajstić information content (AvgIpc) is 2.96. The lowest BCUT2D eigenvalue weighted by molar-refractivity contribution is 0.0232. The molecule has 4 rings (SSSR count). The molecule has 2 atom stereocenters. The van der Waals surface area contributed by atoms with Gasteiger partial charge in [0.15, 0.2) is 0 Å². The predicted molar refractivity (Wildman–Crippen MR) is 90.2 cm³/mol. The highest BCUT2D eigenvalue weighted by Gasteiger charge is 2.30. The molecule has 0 bridgehead atoms. The minimum absolute atomic E-state index is 0.203. The second-order valence-electron chi connectivity index (χ2n) is 6.11. The zero-order valence-corrected chi connectivity index (χ0v) is 12.9. The van der Waals surface area contributed by atoms with Crippen LogP contribution in [0.25, 0.3) is 10.9 Å². The zero-order chi connectivity index (χ0) is 14.9. The summed E-state index contributed by atoms with van der Waals surface area (Å²) in [4.78, 5) is 3.61. The van der Waals surface area contributed by atoms with E-state index in [4.69, 9.17) is 4.74 Å². The van der Waals surface area contributed by atoms with Crippen LogP contribution in [0.4, 0.5) is 0 Å². The molecule has 2 unspecified atom stereocenters. The van der Waals surface area contributed by atoms with E-state index in [1.807, 2.05) is 0 Å². The van der Waals surface area contributed by atoms with Crippen molar-refractivity contribution in [3.8, 4) is 0 Å². The van der Waals surface area contributed by atoms with Gasteiger partial charge in [-0.15, -0.1) is 0 Å². The molecule has 112 valence electrons. The second-order valence-corrected chi connectivity index (χ2v) is 6.11. The van der Waals surface area contributed by atoms with Crippen molar-refractivity contribution in [3.63, 3.8) is 0 Å². The fourth-order valence-corrected chi connectivity index (χ4v) is 3.66. The van der Waals surface area contributed by atoms with Gasteiger partial charge in [0.1, 0.15) is 0 Å². The molecule has 2 heterocycles. The van der Waals surface area contributed by atoms with E-state index in [-0.39, 0.29) is 6.10 Å². The van der Waals surface area contributed by atoms with Crippen molar-refractivity contribution in [1.82, 2.24) is 4.98 Å². The van der Waals surface area contributed by atoms with Crippen LogP contribution in [0.3, 0.4) is 0 Å². The lowest BCUT2D eigenvalue weighted by atomic mass is 9.87. The summed E-state index contributed by atoms with van der Waals surface area (Å²) in [6, 6.07) is 19.4. The van der Waals surface area contributed by atoms with Crippen LogP contribution in [-0.4, -0.2) is 11.6 Å². The first-order chi connectivity index (χ1) is 10.9. The summed E-state index contributed by atoms with van der Waals surface area (Å²) in [5.41, 5.74) is 5.37. The number of hydrogen-bond donors (Lipinski definition) is 1. The first-order valence-electron chi connectivity index (χ1n) is 8.13. The van der Waals surface area contributed by atoms with Gasteiger partial charge < -0.3 is 9.72 Å². The van der Waals surface area contributed by atoms with Gasteiger partial charge in [0.25, 0.3) is 0 Å². The minimum Gasteiger partial charge on any atom is -0.371 e. The van der Waals surface area contributed by atoms with Gasteiger partial charge in [0.2, 0.25) is 0 Å². The number of nitrogens with one attached hydrogen (secondary N) is 1. The number of ether oxygens (including phenoxy) is 1. The van der Waals surface area contributed by atoms with Crippen LogP contribution in [0.2, 0.25) is 0 Å². The number of rotatable bonds is 3. The Balaban J connectivity index is 1.80. The highest BCUT2D eigenvalue weighted by atomic mass is 16.5. The molecule has 1 N–H and O–H groups in total. The Kier molecular flexibility index (Phi) is 3.47. The molecule has 0 aliphatic carbocycles. The minimum atomic E-state index is 0.203. The van der Waals surface area contributed by atoms with Crippen molar-refractivity contribution in [2.75, 3.05) is 6.61 Å². The topological polar surface area (TPSA) is 25.0 Å². The summed E-state index contributed by atoms with van der Waals surface area (Å²) in [7, 11) is 0. The number of fused-ring (bicyclic) bond motifs is 3. The number of para-hydroxylation sites is 1. The van der Waals surface area contributed by atoms with Crippen LogP contribution < -0.4 is 0 Å². The molecule has 2 heteroatoms. The van der Waals surface area contributed by atoms with Crippen molar-refractivity contribution in [1.29, 1.82) is 0 Å². The Morgan fingerprint density at radius 3 is 2.64 bits per heavy atom. The van der Waals surface area contributed by atoms with E-state index in [0.29, 0.717) is 5.92 Å². The molecule has 0 radical (unpaired) electrons. The van der Waals surface area contributed by atoms with Crippen LogP contribution >= 0.6 is 0 Å². The Hall–Kier alpha value is -2.06. The lowest BCUT2D eigenvalue weighted by Crippen LogP contribution is -2.22. The Morgan fingerprint density at radius 1 is 1.05 bits per heavy atom. The van der Waals surface area contributed by atoms with Gasteiger partial charge in [0, 0.05) is 22.5 Å². The number of H-pyrrole nitrogens is 1. The normalized spacial score (nSPS) is 21.0. The van der Waals surface area contributed by atoms with E-state index in [9.17, 15) is 0 Å². The summed E-state index contributed by atoms with van der Waals surface area (Å²) in [6.45, 7) is 3.00. The fraction of sp³-hybridized carbons (Fsp3) is 0.300. The van der Waals surface area contributed by atoms with Crippen molar-refractivity contribution < 1.29 is 4.74 Å². The fourth-order valence-electron chi connectivity index (χ4n) is 3.66. The van der Waals surface area contributed by atoms with Crippen LogP contribution in [-0.2, 0) is 11.2 Å². The van der Waals surface area contributed by atoms with E-state index in [1.54, 1.807) is 0 Å². The summed E-state index contributed by atoms with van der Waals surface area (Å²) in [6.07, 6.45) is 2.25. The Labute approximate surface area is 131 Å². The molecule has 0 saturated heterocycles. The van der Waals surface area contributed by atoms with Crippen LogP contribution in [0.1, 0.15) is 42.2 Å². The van der Waals surface area contributed by atoms with Crippen molar-refractivity contribution >= 4 is 10.9 Å². The van der Waals surface area contributed by atoms with Crippen molar-refractivity contribution in [2.45, 2.75) is 31.8 Å². The lowest BCUT2D eigenvalue weighted by Gasteiger charge is -2.29. The summed E-state index contributed by atoms with van der Waals surface area (Å²) < 4.78 is 6.14. The third-order valence-electron chi connectivity index (χ3n) is 4.70. The SMILES string of the molecule is CCC1OCC(Cc2ccccc2)c2c1[nH]c1ccccc21. The summed E-state index contributed by atoms with van der Waals surface area (Å²) in [5, 5.41) is 1.36. The highest BCUT2D eigenvalue weighted by Crippen LogP contribution is 2.41. The predicted octanol–water partition coefficient (Wildman–Crippen LogP) is 4.98. The van der Waals surface area contributed by atoms with E-state index in [2.05, 4.69) is 66.5 Å². The van der Waals surface area contributed by atoms with E-state index in [1.165, 1.54) is 27.7 Å². The maximum atomic E-state index is 6.14. The maximum absolute atomic E-state index is 6.14. The maximum Gasteiger partial charge on any atom is 0.0973 e. The number of aromatic nitrogens is 1. The van der Waals surface area contributed by atoms with Crippen molar-refractivity contribution in [3.05, 3.63) is 71.4 Å². The van der Waals surface area contributed by atoms with Gasteiger partial charge in [-0.25, -0.2) is 0 Å². The molecule has 1 aliphatic rings. The van der Waals surface area contributed by atoms with Gasteiger partial charge in [0.05, 0.1) is 12.7 Å². The van der Waals surface area contributed by atoms with Crippen LogP contribution in [0, 0.1) is 0 Å². The first kappa shape index (κ1) is 13.6. The average molecular weight is 291 g/mol. The zero-order valence-electron chi connectivity index (χ0n) is 12.9. The molecular formula is C20H21NO. The molecule has 22 heavy (non-hydrogen) atoms. The Morgan fingerprint density at radius 2 is 1.82 bits per heavy atom. The molecule has 0 spiro atoms. The second kappa shape index (κ2) is 5.62. The Bertz CT molecular complexity index is 775. The summed E-state index contributed by atoms with van der Waals surface area (Å²) in [5.74, 6) is 0.427. The third kappa shape index (κ3) is 2.24. The van der Waals surface area contributed by atoms with Gasteiger partial charge in [-0.2, -0.15) is 0 Å². The first-order valence-corrected chi connectivity index (χ1v) is 8.13. The monoisotopic (exact) mass is 291 g/mol. The molecule has 1 aromatic heterocycles. The van der Waals surface area contributed by atoms with Gasteiger partial charge >= 0.3 is 0 Å². The van der Waals surface area contributed by atoms with Gasteiger partial charge in [-0.1, -0.05) is 55.5 Å². The van der Waals surface area contributed by atoms with Gasteiger partial charge in [-0.3, -0.25) is 0 Å². The molecular weight excluding hydrogens is 270 g/mol. The van der Waals surface area contributed by atoms with E-state index in [0.717, 1.165) is 19.4 Å². The number of aromatic amines is 1. The molecule has 0 amide bonds. The van der Waals surface area contributed by atoms with E-state index >= 15 is 0 Å². The van der Waals surface area contributed by atoms with Crippen molar-refractivity contribution in [2.24, 2.45) is 0 Å². The van der Waals surface area contributed by atoms with E-state index < -0.39 is 0 Å². The largest absolute Gasteiger partial charge is 0.371 e. The molecule has 0 saturated carbocycles. The van der Waals surface area contributed by atoms with Gasteiger partial charge in [-0.05, 0) is 30.0 Å². The summed E-state index contributed by atoms with van der Waals surface area (Å²) >= 11 is 0. The molecule has 0 fully saturated rings. The molecule has 2 aromatic carbocycles. The molecule has 1 aliphatic heterocycles. The third-order valence-corrected chi connectivity index (χ3v) is 4.70.